The van der Waals surface area contributed by atoms with E-state index in [0.29, 0.717) is 37.4 Å². The van der Waals surface area contributed by atoms with Gasteiger partial charge in [0.05, 0.1) is 28.0 Å². The van der Waals surface area contributed by atoms with Crippen molar-refractivity contribution in [3.63, 3.8) is 0 Å². The maximum atomic E-state index is 13.5. The number of rotatable bonds is 5. The molecule has 0 radical (unpaired) electrons. The van der Waals surface area contributed by atoms with Gasteiger partial charge < -0.3 is 25.2 Å². The van der Waals surface area contributed by atoms with E-state index in [0.717, 1.165) is 17.1 Å². The standard InChI is InChI=1S/C23H21ClF3N7O2.C2HF3O2/c1-3-8-34-13-16(19(31-34)23(25,26)27)18-12-29-20(32(18)2)21(35)30-14-4-5-15(17(24)11-14)22(36)33-9-6-28-7-10-33;3-2(4,5)1(6)7/h1,4-5,11-13,28H,6-10H2,2H3,(H,30,35);(H,6,7). The first-order valence-corrected chi connectivity index (χ1v) is 12.4. The molecule has 3 aromatic rings. The van der Waals surface area contributed by atoms with Gasteiger partial charge in [-0.2, -0.15) is 31.4 Å². The Bertz CT molecular complexity index is 1550. The number of carboxylic acids is 1. The number of anilines is 1. The zero-order valence-corrected chi connectivity index (χ0v) is 22.8. The molecule has 4 rings (SSSR count). The van der Waals surface area contributed by atoms with Crippen LogP contribution in [-0.2, 0) is 24.6 Å². The topological polar surface area (TPSA) is 134 Å². The van der Waals surface area contributed by atoms with Crippen LogP contribution in [0.2, 0.25) is 5.02 Å². The van der Waals surface area contributed by atoms with Gasteiger partial charge in [0.25, 0.3) is 11.8 Å². The van der Waals surface area contributed by atoms with Crippen LogP contribution in [0.4, 0.5) is 32.0 Å². The fraction of sp³-hybridized carbons (Fsp3) is 0.320. The molecule has 1 fully saturated rings. The van der Waals surface area contributed by atoms with E-state index in [9.17, 15) is 35.9 Å². The van der Waals surface area contributed by atoms with Crippen LogP contribution in [0, 0.1) is 12.3 Å². The number of aromatic nitrogens is 4. The van der Waals surface area contributed by atoms with Gasteiger partial charge in [-0.05, 0) is 18.2 Å². The number of piperazine rings is 1. The number of aliphatic carboxylic acids is 1. The summed E-state index contributed by atoms with van der Waals surface area (Å²) in [5.41, 5.74) is -0.760. The second-order valence-corrected chi connectivity index (χ2v) is 9.22. The first-order chi connectivity index (χ1) is 20.0. The molecule has 0 unspecified atom stereocenters. The van der Waals surface area contributed by atoms with Gasteiger partial charge in [-0.25, -0.2) is 9.78 Å². The number of nitrogens with one attached hydrogen (secondary N) is 2. The van der Waals surface area contributed by atoms with Gasteiger partial charge in [0.2, 0.25) is 0 Å². The maximum Gasteiger partial charge on any atom is 0.490 e. The molecule has 18 heteroatoms. The highest BCUT2D eigenvalue weighted by atomic mass is 35.5. The van der Waals surface area contributed by atoms with E-state index in [1.807, 2.05) is 0 Å². The van der Waals surface area contributed by atoms with E-state index >= 15 is 0 Å². The van der Waals surface area contributed by atoms with E-state index in [4.69, 9.17) is 27.9 Å². The Morgan fingerprint density at radius 1 is 1.16 bits per heavy atom. The lowest BCUT2D eigenvalue weighted by atomic mass is 10.1. The zero-order chi connectivity index (χ0) is 32.1. The summed E-state index contributed by atoms with van der Waals surface area (Å²) in [6.07, 6.45) is -2.31. The summed E-state index contributed by atoms with van der Waals surface area (Å²) >= 11 is 6.31. The van der Waals surface area contributed by atoms with Crippen LogP contribution in [0.1, 0.15) is 26.7 Å². The average molecular weight is 634 g/mol. The van der Waals surface area contributed by atoms with Crippen LogP contribution in [0.3, 0.4) is 0 Å². The van der Waals surface area contributed by atoms with Crippen LogP contribution < -0.4 is 10.6 Å². The van der Waals surface area contributed by atoms with E-state index in [1.54, 1.807) is 4.90 Å². The molecule has 1 aliphatic rings. The Hall–Kier alpha value is -4.56. The lowest BCUT2D eigenvalue weighted by Gasteiger charge is -2.27. The third kappa shape index (κ3) is 8.05. The number of carbonyl (C=O) groups is 3. The third-order valence-corrected chi connectivity index (χ3v) is 6.17. The lowest BCUT2D eigenvalue weighted by molar-refractivity contribution is -0.192. The molecule has 0 saturated carbocycles. The normalized spacial score (nSPS) is 13.5. The SMILES string of the molecule is C#CCn1cc(-c2cnc(C(=O)Nc3ccc(C(=O)N4CCNCC4)c(Cl)c3)n2C)c(C(F)(F)F)n1.O=C(O)C(F)(F)F. The number of hydrogen-bond donors (Lipinski definition) is 3. The molecule has 2 amide bonds. The van der Waals surface area contributed by atoms with Crippen molar-refractivity contribution in [2.75, 3.05) is 31.5 Å². The van der Waals surface area contributed by atoms with Gasteiger partial charge >= 0.3 is 18.3 Å². The molecule has 43 heavy (non-hydrogen) atoms. The summed E-state index contributed by atoms with van der Waals surface area (Å²) in [6.45, 7) is 2.36. The molecule has 1 saturated heterocycles. The summed E-state index contributed by atoms with van der Waals surface area (Å²) in [4.78, 5) is 40.2. The largest absolute Gasteiger partial charge is 0.490 e. The fourth-order valence-corrected chi connectivity index (χ4v) is 4.12. The van der Waals surface area contributed by atoms with Crippen LogP contribution in [0.25, 0.3) is 11.3 Å². The van der Waals surface area contributed by atoms with Crippen molar-refractivity contribution >= 4 is 35.1 Å². The van der Waals surface area contributed by atoms with Crippen LogP contribution >= 0.6 is 11.6 Å². The molecular formula is C25H22ClF6N7O4. The van der Waals surface area contributed by atoms with Gasteiger partial charge in [0.1, 0.15) is 6.54 Å². The summed E-state index contributed by atoms with van der Waals surface area (Å²) in [6, 6.07) is 4.47. The minimum absolute atomic E-state index is 0.0331. The van der Waals surface area contributed by atoms with Crippen LogP contribution in [0.5, 0.6) is 0 Å². The quantitative estimate of drug-likeness (QED) is 0.289. The number of imidazole rings is 1. The Balaban J connectivity index is 0.000000646. The highest BCUT2D eigenvalue weighted by Crippen LogP contribution is 2.36. The van der Waals surface area contributed by atoms with E-state index in [-0.39, 0.29) is 34.6 Å². The van der Waals surface area contributed by atoms with Gasteiger partial charge in [-0.15, -0.1) is 6.42 Å². The molecule has 1 aromatic carbocycles. The molecule has 0 aliphatic carbocycles. The number of benzene rings is 1. The molecule has 230 valence electrons. The molecular weight excluding hydrogens is 612 g/mol. The molecule has 3 heterocycles. The summed E-state index contributed by atoms with van der Waals surface area (Å²) in [5, 5.41) is 16.6. The first kappa shape index (κ1) is 32.9. The predicted molar refractivity (Wildman–Crippen MR) is 140 cm³/mol. The average Bonchev–Trinajstić information content (AvgIpc) is 3.52. The number of nitrogens with zero attached hydrogens (tertiary/aromatic N) is 5. The number of hydrogen-bond acceptors (Lipinski definition) is 6. The minimum atomic E-state index is -5.08. The smallest absolute Gasteiger partial charge is 0.475 e. The second kappa shape index (κ2) is 13.2. The highest BCUT2D eigenvalue weighted by Gasteiger charge is 2.39. The number of halogens is 7. The van der Waals surface area contributed by atoms with Gasteiger partial charge in [0.15, 0.2) is 11.5 Å². The minimum Gasteiger partial charge on any atom is -0.475 e. The Morgan fingerprint density at radius 3 is 2.33 bits per heavy atom. The molecule has 11 nitrogen and oxygen atoms in total. The molecule has 0 bridgehead atoms. The van der Waals surface area contributed by atoms with Crippen molar-refractivity contribution in [2.24, 2.45) is 7.05 Å². The van der Waals surface area contributed by atoms with Crippen molar-refractivity contribution in [3.05, 3.63) is 52.7 Å². The fourth-order valence-electron chi connectivity index (χ4n) is 3.86. The first-order valence-electron chi connectivity index (χ1n) is 12.1. The molecule has 1 aliphatic heterocycles. The maximum absolute atomic E-state index is 13.5. The Labute approximate surface area is 244 Å². The summed E-state index contributed by atoms with van der Waals surface area (Å²) in [7, 11) is 1.41. The highest BCUT2D eigenvalue weighted by molar-refractivity contribution is 6.34. The Morgan fingerprint density at radius 2 is 1.79 bits per heavy atom. The molecule has 2 aromatic heterocycles. The predicted octanol–water partition coefficient (Wildman–Crippen LogP) is 3.52. The number of carboxylic acid groups (broad SMARTS) is 1. The zero-order valence-electron chi connectivity index (χ0n) is 22.1. The van der Waals surface area contributed by atoms with E-state index in [2.05, 4.69) is 26.6 Å². The monoisotopic (exact) mass is 633 g/mol. The lowest BCUT2D eigenvalue weighted by Crippen LogP contribution is -2.46. The van der Waals surface area contributed by atoms with Crippen LogP contribution in [0.15, 0.2) is 30.6 Å². The van der Waals surface area contributed by atoms with E-state index in [1.165, 1.54) is 29.8 Å². The molecule has 0 atom stereocenters. The van der Waals surface area contributed by atoms with Gasteiger partial charge in [-0.1, -0.05) is 17.5 Å². The molecule has 3 N–H and O–H groups in total. The summed E-state index contributed by atoms with van der Waals surface area (Å²) < 4.78 is 74.6. The number of alkyl halides is 6. The van der Waals surface area contributed by atoms with Crippen molar-refractivity contribution in [1.82, 2.24) is 29.5 Å². The Kier molecular flexibility index (Phi) is 10.1. The van der Waals surface area contributed by atoms with Gasteiger partial charge in [-0.3, -0.25) is 14.3 Å². The van der Waals surface area contributed by atoms with Crippen molar-refractivity contribution < 1.29 is 45.8 Å². The van der Waals surface area contributed by atoms with Crippen molar-refractivity contribution in [2.45, 2.75) is 18.9 Å². The number of carbonyl (C=O) groups excluding carboxylic acids is 2. The van der Waals surface area contributed by atoms with Crippen molar-refractivity contribution in [3.8, 4) is 23.6 Å². The van der Waals surface area contributed by atoms with E-state index < -0.39 is 29.9 Å². The van der Waals surface area contributed by atoms with Crippen LogP contribution in [-0.4, -0.2) is 79.5 Å². The van der Waals surface area contributed by atoms with Crippen molar-refractivity contribution in [1.29, 1.82) is 0 Å². The number of amides is 2. The summed E-state index contributed by atoms with van der Waals surface area (Å²) in [5.74, 6) is -1.54. The third-order valence-electron chi connectivity index (χ3n) is 5.85. The number of terminal acetylenes is 1. The molecule has 0 spiro atoms. The second-order valence-electron chi connectivity index (χ2n) is 8.81. The van der Waals surface area contributed by atoms with Gasteiger partial charge in [0, 0.05) is 45.1 Å².